The minimum Gasteiger partial charge on any atom is -0.494 e. The third-order valence-electron chi connectivity index (χ3n) is 5.22. The first-order chi connectivity index (χ1) is 14.9. The van der Waals surface area contributed by atoms with Crippen LogP contribution in [0.5, 0.6) is 5.75 Å². The summed E-state index contributed by atoms with van der Waals surface area (Å²) in [6.45, 7) is 6.31. The van der Waals surface area contributed by atoms with Crippen LogP contribution in [0.1, 0.15) is 34.8 Å². The lowest BCUT2D eigenvalue weighted by Crippen LogP contribution is -2.40. The van der Waals surface area contributed by atoms with Gasteiger partial charge in [0.2, 0.25) is 10.0 Å². The molecule has 3 rings (SSSR count). The van der Waals surface area contributed by atoms with E-state index in [0.29, 0.717) is 45.0 Å². The second-order valence-electron chi connectivity index (χ2n) is 7.43. The Morgan fingerprint density at radius 2 is 1.84 bits per heavy atom. The molecule has 0 aromatic heterocycles. The van der Waals surface area contributed by atoms with E-state index in [1.54, 1.807) is 19.1 Å². The number of benzene rings is 2. The molecule has 1 aliphatic rings. The summed E-state index contributed by atoms with van der Waals surface area (Å²) in [7, 11) is -3.64. The summed E-state index contributed by atoms with van der Waals surface area (Å²) < 4.78 is 37.9. The molecule has 0 radical (unpaired) electrons. The van der Waals surface area contributed by atoms with Gasteiger partial charge in [0.1, 0.15) is 5.75 Å². The molecule has 0 aliphatic carbocycles. The maximum absolute atomic E-state index is 12.9. The fraction of sp³-hybridized carbons (Fsp3) is 0.435. The summed E-state index contributed by atoms with van der Waals surface area (Å²) in [5, 5.41) is 2.91. The van der Waals surface area contributed by atoms with E-state index < -0.39 is 10.0 Å². The number of carbonyl (C=O) groups is 1. The number of hydrogen-bond donors (Lipinski definition) is 1. The van der Waals surface area contributed by atoms with Crippen LogP contribution in [0, 0.1) is 6.92 Å². The molecule has 0 spiro atoms. The van der Waals surface area contributed by atoms with Crippen LogP contribution in [-0.4, -0.2) is 58.1 Å². The molecule has 2 aromatic carbocycles. The molecule has 0 unspecified atom stereocenters. The van der Waals surface area contributed by atoms with Crippen molar-refractivity contribution in [3.8, 4) is 5.75 Å². The van der Waals surface area contributed by atoms with Gasteiger partial charge >= 0.3 is 0 Å². The number of morpholine rings is 1. The SMILES string of the molecule is CCOc1ccc(CCCNC(=O)c2cc(S(=O)(=O)N3CCOCC3)ccc2C)cc1. The molecular formula is C23H30N2O5S. The molecule has 1 amide bonds. The third kappa shape index (κ3) is 6.06. The van der Waals surface area contributed by atoms with Gasteiger partial charge in [-0.2, -0.15) is 4.31 Å². The van der Waals surface area contributed by atoms with Crippen molar-refractivity contribution < 1.29 is 22.7 Å². The molecular weight excluding hydrogens is 416 g/mol. The Morgan fingerprint density at radius 3 is 2.52 bits per heavy atom. The molecule has 8 heteroatoms. The lowest BCUT2D eigenvalue weighted by atomic mass is 10.1. The topological polar surface area (TPSA) is 84.9 Å². The molecule has 1 N–H and O–H groups in total. The van der Waals surface area contributed by atoms with Crippen molar-refractivity contribution in [2.45, 2.75) is 31.6 Å². The van der Waals surface area contributed by atoms with Crippen LogP contribution in [0.25, 0.3) is 0 Å². The average molecular weight is 447 g/mol. The molecule has 1 fully saturated rings. The van der Waals surface area contributed by atoms with Crippen LogP contribution in [0.15, 0.2) is 47.4 Å². The second-order valence-corrected chi connectivity index (χ2v) is 9.37. The maximum Gasteiger partial charge on any atom is 0.251 e. The zero-order valence-electron chi connectivity index (χ0n) is 18.1. The monoisotopic (exact) mass is 446 g/mol. The third-order valence-corrected chi connectivity index (χ3v) is 7.12. The summed E-state index contributed by atoms with van der Waals surface area (Å²) in [6.07, 6.45) is 1.61. The van der Waals surface area contributed by atoms with Gasteiger partial charge in [-0.15, -0.1) is 0 Å². The molecule has 1 heterocycles. The largest absolute Gasteiger partial charge is 0.494 e. The summed E-state index contributed by atoms with van der Waals surface area (Å²) in [5.74, 6) is 0.588. The summed E-state index contributed by atoms with van der Waals surface area (Å²) in [5.41, 5.74) is 2.30. The van der Waals surface area contributed by atoms with E-state index in [-0.39, 0.29) is 10.8 Å². The van der Waals surface area contributed by atoms with E-state index in [2.05, 4.69) is 5.32 Å². The zero-order valence-corrected chi connectivity index (χ0v) is 18.9. The van der Waals surface area contributed by atoms with Crippen molar-refractivity contribution in [1.29, 1.82) is 0 Å². The van der Waals surface area contributed by atoms with Crippen LogP contribution in [-0.2, 0) is 21.2 Å². The van der Waals surface area contributed by atoms with Crippen LogP contribution >= 0.6 is 0 Å². The van der Waals surface area contributed by atoms with Gasteiger partial charge in [-0.05, 0) is 62.1 Å². The van der Waals surface area contributed by atoms with Crippen molar-refractivity contribution in [1.82, 2.24) is 9.62 Å². The number of sulfonamides is 1. The number of hydrogen-bond acceptors (Lipinski definition) is 5. The Labute approximate surface area is 184 Å². The Hall–Kier alpha value is -2.42. The number of ether oxygens (including phenoxy) is 2. The van der Waals surface area contributed by atoms with Gasteiger partial charge in [0.25, 0.3) is 5.91 Å². The normalized spacial score (nSPS) is 14.9. The van der Waals surface area contributed by atoms with Crippen molar-refractivity contribution in [2.24, 2.45) is 0 Å². The fourth-order valence-electron chi connectivity index (χ4n) is 3.45. The maximum atomic E-state index is 12.9. The molecule has 168 valence electrons. The minimum atomic E-state index is -3.64. The van der Waals surface area contributed by atoms with Crippen molar-refractivity contribution >= 4 is 15.9 Å². The van der Waals surface area contributed by atoms with Crippen LogP contribution in [0.4, 0.5) is 0 Å². The number of rotatable bonds is 9. The molecule has 1 saturated heterocycles. The molecule has 0 saturated carbocycles. The van der Waals surface area contributed by atoms with E-state index in [1.807, 2.05) is 31.2 Å². The van der Waals surface area contributed by atoms with E-state index >= 15 is 0 Å². The smallest absolute Gasteiger partial charge is 0.251 e. The molecule has 0 bridgehead atoms. The van der Waals surface area contributed by atoms with Crippen molar-refractivity contribution in [3.05, 3.63) is 59.2 Å². The van der Waals surface area contributed by atoms with Crippen LogP contribution in [0.3, 0.4) is 0 Å². The highest BCUT2D eigenvalue weighted by molar-refractivity contribution is 7.89. The highest BCUT2D eigenvalue weighted by Gasteiger charge is 2.27. The van der Waals surface area contributed by atoms with Gasteiger partial charge in [0.05, 0.1) is 24.7 Å². The molecule has 1 aliphatic heterocycles. The number of carbonyl (C=O) groups excluding carboxylic acids is 1. The van der Waals surface area contributed by atoms with Crippen LogP contribution < -0.4 is 10.1 Å². The van der Waals surface area contributed by atoms with Gasteiger partial charge in [0.15, 0.2) is 0 Å². The van der Waals surface area contributed by atoms with Gasteiger partial charge in [-0.25, -0.2) is 8.42 Å². The van der Waals surface area contributed by atoms with E-state index in [4.69, 9.17) is 9.47 Å². The molecule has 31 heavy (non-hydrogen) atoms. The predicted molar refractivity (Wildman–Crippen MR) is 119 cm³/mol. The zero-order chi connectivity index (χ0) is 22.3. The molecule has 2 aromatic rings. The quantitative estimate of drug-likeness (QED) is 0.599. The second kappa shape index (κ2) is 10.7. The standard InChI is InChI=1S/C23H30N2O5S/c1-3-30-20-9-7-19(8-10-20)5-4-12-24-23(26)22-17-21(11-6-18(22)2)31(27,28)25-13-15-29-16-14-25/h6-11,17H,3-5,12-16H2,1-2H3,(H,24,26). The van der Waals surface area contributed by atoms with E-state index in [1.165, 1.54) is 15.9 Å². The van der Waals surface area contributed by atoms with Crippen molar-refractivity contribution in [3.63, 3.8) is 0 Å². The highest BCUT2D eigenvalue weighted by Crippen LogP contribution is 2.21. The first-order valence-electron chi connectivity index (χ1n) is 10.6. The number of nitrogens with one attached hydrogen (secondary N) is 1. The summed E-state index contributed by atoms with van der Waals surface area (Å²) in [4.78, 5) is 12.8. The lowest BCUT2D eigenvalue weighted by molar-refractivity contribution is 0.0730. The fourth-order valence-corrected chi connectivity index (χ4v) is 4.89. The highest BCUT2D eigenvalue weighted by atomic mass is 32.2. The van der Waals surface area contributed by atoms with Gasteiger partial charge in [-0.1, -0.05) is 18.2 Å². The predicted octanol–water partition coefficient (Wildman–Crippen LogP) is 2.78. The molecule has 7 nitrogen and oxygen atoms in total. The Balaban J connectivity index is 1.58. The summed E-state index contributed by atoms with van der Waals surface area (Å²) >= 11 is 0. The van der Waals surface area contributed by atoms with Gasteiger partial charge in [0, 0.05) is 25.2 Å². The number of aryl methyl sites for hydroxylation is 2. The first-order valence-corrected chi connectivity index (χ1v) is 12.0. The minimum absolute atomic E-state index is 0.138. The van der Waals surface area contributed by atoms with Crippen LogP contribution in [0.2, 0.25) is 0 Å². The van der Waals surface area contributed by atoms with E-state index in [0.717, 1.165) is 24.2 Å². The van der Waals surface area contributed by atoms with Gasteiger partial charge in [-0.3, -0.25) is 4.79 Å². The number of amides is 1. The molecule has 0 atom stereocenters. The average Bonchev–Trinajstić information content (AvgIpc) is 2.78. The lowest BCUT2D eigenvalue weighted by Gasteiger charge is -2.26. The Morgan fingerprint density at radius 1 is 1.13 bits per heavy atom. The Bertz CT molecular complexity index is 984. The van der Waals surface area contributed by atoms with E-state index in [9.17, 15) is 13.2 Å². The summed E-state index contributed by atoms with van der Waals surface area (Å²) in [6, 6.07) is 12.7. The first kappa shape index (κ1) is 23.2. The number of nitrogens with zero attached hydrogens (tertiary/aromatic N) is 1. The van der Waals surface area contributed by atoms with Crippen molar-refractivity contribution in [2.75, 3.05) is 39.5 Å². The van der Waals surface area contributed by atoms with Gasteiger partial charge < -0.3 is 14.8 Å². The Kier molecular flexibility index (Phi) is 8.06.